The van der Waals surface area contributed by atoms with Gasteiger partial charge >= 0.3 is 0 Å². The minimum atomic E-state index is -0.133. The summed E-state index contributed by atoms with van der Waals surface area (Å²) in [6.45, 7) is 5.33. The van der Waals surface area contributed by atoms with Gasteiger partial charge < -0.3 is 9.47 Å². The van der Waals surface area contributed by atoms with Gasteiger partial charge in [-0.1, -0.05) is 6.07 Å². The summed E-state index contributed by atoms with van der Waals surface area (Å²) < 4.78 is 11.5. The lowest BCUT2D eigenvalue weighted by Crippen LogP contribution is -2.04. The van der Waals surface area contributed by atoms with Gasteiger partial charge in [-0.05, 0) is 59.1 Å². The second-order valence-electron chi connectivity index (χ2n) is 4.78. The molecule has 0 amide bonds. The van der Waals surface area contributed by atoms with Crippen LogP contribution in [0.5, 0.6) is 5.75 Å². The van der Waals surface area contributed by atoms with Crippen LogP contribution < -0.4 is 4.74 Å². The molecule has 0 aliphatic rings. The Balaban J connectivity index is 2.15. The van der Waals surface area contributed by atoms with E-state index in [1.54, 1.807) is 18.4 Å². The van der Waals surface area contributed by atoms with Crippen LogP contribution in [0.1, 0.15) is 26.3 Å². The molecule has 1 atom stereocenters. The molecule has 0 saturated carbocycles. The predicted molar refractivity (Wildman–Crippen MR) is 93.0 cm³/mol. The number of aryl methyl sites for hydroxylation is 2. The Kier molecular flexibility index (Phi) is 6.11. The molecule has 114 valence electrons. The first-order valence-corrected chi connectivity index (χ1v) is 8.69. The smallest absolute Gasteiger partial charge is 0.133 e. The quantitative estimate of drug-likeness (QED) is 0.481. The van der Waals surface area contributed by atoms with Gasteiger partial charge in [0.15, 0.2) is 0 Å². The van der Waals surface area contributed by atoms with Crippen LogP contribution in [0.15, 0.2) is 28.7 Å². The highest BCUT2D eigenvalue weighted by Crippen LogP contribution is 2.38. The zero-order chi connectivity index (χ0) is 15.4. The van der Waals surface area contributed by atoms with Crippen LogP contribution in [0.4, 0.5) is 0 Å². The van der Waals surface area contributed by atoms with E-state index in [1.807, 2.05) is 18.2 Å². The lowest BCUT2D eigenvalue weighted by Gasteiger charge is -2.12. The van der Waals surface area contributed by atoms with Crippen LogP contribution in [0.3, 0.4) is 0 Å². The fourth-order valence-corrected chi connectivity index (χ4v) is 3.81. The van der Waals surface area contributed by atoms with Gasteiger partial charge in [-0.2, -0.15) is 0 Å². The summed E-state index contributed by atoms with van der Waals surface area (Å²) in [5.74, 6) is 0.804. The number of benzene rings is 1. The van der Waals surface area contributed by atoms with Crippen LogP contribution in [0.25, 0.3) is 0 Å². The molecule has 1 heterocycles. The van der Waals surface area contributed by atoms with Gasteiger partial charge in [-0.3, -0.25) is 0 Å². The third kappa shape index (κ3) is 4.22. The van der Waals surface area contributed by atoms with Crippen molar-refractivity contribution in [2.75, 3.05) is 20.3 Å². The molecule has 0 spiro atoms. The summed E-state index contributed by atoms with van der Waals surface area (Å²) in [6.07, 6.45) is 0. The van der Waals surface area contributed by atoms with E-state index in [9.17, 15) is 0 Å². The number of methoxy groups -OCH3 is 1. The van der Waals surface area contributed by atoms with E-state index in [0.29, 0.717) is 13.2 Å². The highest BCUT2D eigenvalue weighted by molar-refractivity contribution is 9.10. The summed E-state index contributed by atoms with van der Waals surface area (Å²) in [7, 11) is 1.66. The maximum atomic E-state index is 6.60. The summed E-state index contributed by atoms with van der Waals surface area (Å²) in [5, 5.41) is -0.133. The lowest BCUT2D eigenvalue weighted by atomic mass is 10.1. The largest absolute Gasteiger partial charge is 0.490 e. The van der Waals surface area contributed by atoms with E-state index in [-0.39, 0.29) is 5.38 Å². The van der Waals surface area contributed by atoms with Crippen LogP contribution in [0, 0.1) is 13.8 Å². The van der Waals surface area contributed by atoms with Gasteiger partial charge in [0.05, 0.1) is 16.5 Å². The number of ether oxygens (including phenoxy) is 2. The second-order valence-corrected chi connectivity index (χ2v) is 7.36. The Bertz CT molecular complexity index is 593. The maximum Gasteiger partial charge on any atom is 0.133 e. The van der Waals surface area contributed by atoms with Gasteiger partial charge in [-0.25, -0.2) is 0 Å². The van der Waals surface area contributed by atoms with Crippen LogP contribution in [0.2, 0.25) is 0 Å². The molecule has 0 N–H and O–H groups in total. The molecule has 0 aliphatic heterocycles. The minimum Gasteiger partial charge on any atom is -0.490 e. The number of alkyl halides is 1. The van der Waals surface area contributed by atoms with Crippen molar-refractivity contribution in [3.63, 3.8) is 0 Å². The average Bonchev–Trinajstić information content (AvgIpc) is 2.80. The first-order valence-electron chi connectivity index (χ1n) is 6.65. The highest BCUT2D eigenvalue weighted by atomic mass is 79.9. The third-order valence-corrected chi connectivity index (χ3v) is 5.68. The summed E-state index contributed by atoms with van der Waals surface area (Å²) in [4.78, 5) is 2.49. The highest BCUT2D eigenvalue weighted by Gasteiger charge is 2.16. The summed E-state index contributed by atoms with van der Waals surface area (Å²) in [5.41, 5.74) is 2.35. The predicted octanol–water partition coefficient (Wildman–Crippen LogP) is 5.48. The van der Waals surface area contributed by atoms with E-state index in [0.717, 1.165) is 15.8 Å². The molecule has 2 rings (SSSR count). The zero-order valence-electron chi connectivity index (χ0n) is 12.3. The molecule has 1 aromatic carbocycles. The van der Waals surface area contributed by atoms with Gasteiger partial charge in [-0.15, -0.1) is 22.9 Å². The molecular formula is C16H18BrClO2S. The van der Waals surface area contributed by atoms with Crippen molar-refractivity contribution in [2.45, 2.75) is 19.2 Å². The molecule has 1 unspecified atom stereocenters. The summed E-state index contributed by atoms with van der Waals surface area (Å²) >= 11 is 11.9. The molecule has 0 bridgehead atoms. The van der Waals surface area contributed by atoms with Gasteiger partial charge in [0.2, 0.25) is 0 Å². The zero-order valence-corrected chi connectivity index (χ0v) is 15.4. The van der Waals surface area contributed by atoms with Gasteiger partial charge in [0.25, 0.3) is 0 Å². The fourth-order valence-electron chi connectivity index (χ4n) is 1.92. The maximum absolute atomic E-state index is 6.60. The first-order chi connectivity index (χ1) is 10.0. The van der Waals surface area contributed by atoms with Crippen LogP contribution in [-0.2, 0) is 4.74 Å². The van der Waals surface area contributed by atoms with Crippen molar-refractivity contribution in [3.05, 3.63) is 49.6 Å². The molecule has 2 nitrogen and oxygen atoms in total. The number of hydrogen-bond donors (Lipinski definition) is 0. The molecule has 21 heavy (non-hydrogen) atoms. The van der Waals surface area contributed by atoms with Crippen molar-refractivity contribution in [3.8, 4) is 5.75 Å². The molecule has 0 fully saturated rings. The fraction of sp³-hybridized carbons (Fsp3) is 0.375. The number of hydrogen-bond acceptors (Lipinski definition) is 3. The Morgan fingerprint density at radius 2 is 2.00 bits per heavy atom. The number of halogens is 2. The van der Waals surface area contributed by atoms with E-state index >= 15 is 0 Å². The number of thiophene rings is 1. The van der Waals surface area contributed by atoms with Crippen molar-refractivity contribution in [2.24, 2.45) is 0 Å². The first kappa shape index (κ1) is 16.8. The average molecular weight is 390 g/mol. The Hall–Kier alpha value is -0.550. The summed E-state index contributed by atoms with van der Waals surface area (Å²) in [6, 6.07) is 8.13. The van der Waals surface area contributed by atoms with Crippen LogP contribution in [-0.4, -0.2) is 20.3 Å². The van der Waals surface area contributed by atoms with Crippen molar-refractivity contribution in [1.29, 1.82) is 0 Å². The Labute approximate surface area is 143 Å². The molecule has 5 heteroatoms. The Morgan fingerprint density at radius 3 is 2.57 bits per heavy atom. The normalized spacial score (nSPS) is 12.4. The molecule has 0 radical (unpaired) electrons. The Morgan fingerprint density at radius 1 is 1.24 bits per heavy atom. The van der Waals surface area contributed by atoms with Gasteiger partial charge in [0.1, 0.15) is 12.4 Å². The molecule has 2 aromatic rings. The van der Waals surface area contributed by atoms with E-state index < -0.39 is 0 Å². The van der Waals surface area contributed by atoms with Crippen molar-refractivity contribution < 1.29 is 9.47 Å². The third-order valence-electron chi connectivity index (χ3n) is 3.23. The monoisotopic (exact) mass is 388 g/mol. The molecular weight excluding hydrogens is 372 g/mol. The lowest BCUT2D eigenvalue weighted by molar-refractivity contribution is 0.146. The topological polar surface area (TPSA) is 18.5 Å². The number of rotatable bonds is 6. The SMILES string of the molecule is COCCOc1ccc(C(Cl)c2cc(C)c(C)s2)cc1Br. The van der Waals surface area contributed by atoms with Crippen LogP contribution >= 0.6 is 38.9 Å². The standard InChI is InChI=1S/C16H18BrClO2S/c1-10-8-15(21-11(10)2)16(18)12-4-5-14(13(17)9-12)20-7-6-19-3/h4-5,8-9,16H,6-7H2,1-3H3. The second kappa shape index (κ2) is 7.63. The van der Waals surface area contributed by atoms with E-state index in [4.69, 9.17) is 21.1 Å². The van der Waals surface area contributed by atoms with Crippen molar-refractivity contribution >= 4 is 38.9 Å². The van der Waals surface area contributed by atoms with Gasteiger partial charge in [0, 0.05) is 16.9 Å². The molecule has 1 aromatic heterocycles. The van der Waals surface area contributed by atoms with Crippen molar-refractivity contribution in [1.82, 2.24) is 0 Å². The molecule has 0 saturated heterocycles. The molecule has 0 aliphatic carbocycles. The van der Waals surface area contributed by atoms with E-state index in [1.165, 1.54) is 15.3 Å². The van der Waals surface area contributed by atoms with E-state index in [2.05, 4.69) is 35.8 Å². The minimum absolute atomic E-state index is 0.133.